The van der Waals surface area contributed by atoms with E-state index >= 15 is 0 Å². The second kappa shape index (κ2) is 8.38. The van der Waals surface area contributed by atoms with Gasteiger partial charge in [-0.1, -0.05) is 61.5 Å². The maximum Gasteiger partial charge on any atom is 0.170 e. The predicted octanol–water partition coefficient (Wildman–Crippen LogP) is 5.42. The van der Waals surface area contributed by atoms with Crippen LogP contribution in [-0.4, -0.2) is 10.1 Å². The molecule has 1 aromatic carbocycles. The van der Waals surface area contributed by atoms with Gasteiger partial charge in [0.1, 0.15) is 5.82 Å². The van der Waals surface area contributed by atoms with Gasteiger partial charge in [-0.3, -0.25) is 0 Å². The van der Waals surface area contributed by atoms with Gasteiger partial charge in [0, 0.05) is 18.7 Å². The van der Waals surface area contributed by atoms with Crippen LogP contribution in [-0.2, 0) is 12.8 Å². The van der Waals surface area contributed by atoms with E-state index in [4.69, 9.17) is 10.3 Å². The zero-order valence-corrected chi connectivity index (χ0v) is 15.7. The quantitative estimate of drug-likeness (QED) is 0.636. The first-order chi connectivity index (χ1) is 13.3. The zero-order chi connectivity index (χ0) is 18.5. The summed E-state index contributed by atoms with van der Waals surface area (Å²) in [6, 6.07) is 14.6. The molecule has 3 aromatic rings. The minimum Gasteiger partial charge on any atom is -0.383 e. The van der Waals surface area contributed by atoms with E-state index in [1.54, 1.807) is 6.20 Å². The number of benzene rings is 1. The van der Waals surface area contributed by atoms with Crippen LogP contribution in [0.15, 0.2) is 53.2 Å². The van der Waals surface area contributed by atoms with Crippen molar-refractivity contribution < 1.29 is 4.52 Å². The van der Waals surface area contributed by atoms with Gasteiger partial charge in [-0.15, -0.1) is 0 Å². The Morgan fingerprint density at radius 3 is 2.56 bits per heavy atom. The normalized spacial score (nSPS) is 15.1. The molecule has 0 aliphatic heterocycles. The van der Waals surface area contributed by atoms with Crippen LogP contribution in [0, 0.1) is 5.92 Å². The number of aromatic nitrogens is 2. The number of nitrogen functional groups attached to an aromatic ring is 1. The molecule has 4 nitrogen and oxygen atoms in total. The number of pyridine rings is 1. The number of nitrogens with zero attached hydrogens (tertiary/aromatic N) is 2. The summed E-state index contributed by atoms with van der Waals surface area (Å²) >= 11 is 0. The summed E-state index contributed by atoms with van der Waals surface area (Å²) in [6.07, 6.45) is 12.1. The van der Waals surface area contributed by atoms with Gasteiger partial charge in [0.05, 0.1) is 11.3 Å². The van der Waals surface area contributed by atoms with E-state index in [1.165, 1.54) is 56.1 Å². The number of anilines is 1. The minimum atomic E-state index is 0.461. The molecule has 27 heavy (non-hydrogen) atoms. The third kappa shape index (κ3) is 4.57. The molecule has 2 N–H and O–H groups in total. The smallest absolute Gasteiger partial charge is 0.170 e. The molecule has 4 heteroatoms. The lowest BCUT2D eigenvalue weighted by Crippen LogP contribution is -2.07. The highest BCUT2D eigenvalue weighted by Crippen LogP contribution is 2.28. The molecule has 0 radical (unpaired) electrons. The van der Waals surface area contributed by atoms with Gasteiger partial charge in [-0.05, 0) is 42.0 Å². The third-order valence-electron chi connectivity index (χ3n) is 5.64. The lowest BCUT2D eigenvalue weighted by Gasteiger charge is -2.21. The highest BCUT2D eigenvalue weighted by molar-refractivity contribution is 5.69. The Balaban J connectivity index is 1.35. The van der Waals surface area contributed by atoms with Gasteiger partial charge in [-0.2, -0.15) is 0 Å². The molecule has 1 saturated carbocycles. The average molecular weight is 361 g/mol. The standard InChI is InChI=1S/C23H27N3O/c24-23-21(7-4-14-25-23)22-16-20(26-27-22)15-19-12-10-18(11-13-19)9-8-17-5-2-1-3-6-17/h4,7,10-14,16-17H,1-3,5-6,8-9,15H2,(H2,24,25). The molecule has 0 unspecified atom stereocenters. The highest BCUT2D eigenvalue weighted by atomic mass is 16.5. The molecule has 1 aliphatic carbocycles. The molecule has 2 heterocycles. The van der Waals surface area contributed by atoms with Gasteiger partial charge in [0.25, 0.3) is 0 Å². The zero-order valence-electron chi connectivity index (χ0n) is 15.7. The van der Waals surface area contributed by atoms with Crippen molar-refractivity contribution in [2.45, 2.75) is 51.4 Å². The highest BCUT2D eigenvalue weighted by Gasteiger charge is 2.13. The van der Waals surface area contributed by atoms with E-state index in [2.05, 4.69) is 34.4 Å². The van der Waals surface area contributed by atoms with Crippen LogP contribution in [0.5, 0.6) is 0 Å². The minimum absolute atomic E-state index is 0.461. The first-order valence-electron chi connectivity index (χ1n) is 10.0. The molecule has 0 atom stereocenters. The predicted molar refractivity (Wildman–Crippen MR) is 108 cm³/mol. The number of hydrogen-bond donors (Lipinski definition) is 1. The first kappa shape index (κ1) is 17.8. The Morgan fingerprint density at radius 1 is 1.00 bits per heavy atom. The summed E-state index contributed by atoms with van der Waals surface area (Å²) in [6.45, 7) is 0. The van der Waals surface area contributed by atoms with Crippen molar-refractivity contribution in [3.63, 3.8) is 0 Å². The SMILES string of the molecule is Nc1ncccc1-c1cc(Cc2ccc(CCC3CCCCC3)cc2)no1. The fraction of sp³-hybridized carbons (Fsp3) is 0.391. The van der Waals surface area contributed by atoms with E-state index in [0.29, 0.717) is 11.6 Å². The molecule has 2 aromatic heterocycles. The van der Waals surface area contributed by atoms with Gasteiger partial charge < -0.3 is 10.3 Å². The molecule has 0 bridgehead atoms. The summed E-state index contributed by atoms with van der Waals surface area (Å²) in [5, 5.41) is 4.19. The molecule has 4 rings (SSSR count). The summed E-state index contributed by atoms with van der Waals surface area (Å²) in [5.41, 5.74) is 10.3. The van der Waals surface area contributed by atoms with Gasteiger partial charge in [0.2, 0.25) is 0 Å². The topological polar surface area (TPSA) is 64.9 Å². The lowest BCUT2D eigenvalue weighted by atomic mass is 9.85. The van der Waals surface area contributed by atoms with E-state index in [1.807, 2.05) is 18.2 Å². The van der Waals surface area contributed by atoms with Crippen molar-refractivity contribution in [3.8, 4) is 11.3 Å². The largest absolute Gasteiger partial charge is 0.383 e. The molecule has 1 fully saturated rings. The molecule has 0 spiro atoms. The van der Waals surface area contributed by atoms with Crippen LogP contribution in [0.4, 0.5) is 5.82 Å². The molecular formula is C23H27N3O. The van der Waals surface area contributed by atoms with Crippen LogP contribution in [0.25, 0.3) is 11.3 Å². The second-order valence-corrected chi connectivity index (χ2v) is 7.65. The molecular weight excluding hydrogens is 334 g/mol. The average Bonchev–Trinajstić information content (AvgIpc) is 3.17. The number of rotatable bonds is 6. The fourth-order valence-corrected chi connectivity index (χ4v) is 4.03. The maximum atomic E-state index is 5.91. The molecule has 0 saturated heterocycles. The Kier molecular flexibility index (Phi) is 5.52. The van der Waals surface area contributed by atoms with Gasteiger partial charge in [-0.25, -0.2) is 4.98 Å². The monoisotopic (exact) mass is 361 g/mol. The van der Waals surface area contributed by atoms with Crippen LogP contribution in [0.1, 0.15) is 55.3 Å². The Labute approximate surface area is 160 Å². The summed E-state index contributed by atoms with van der Waals surface area (Å²) in [7, 11) is 0. The fourth-order valence-electron chi connectivity index (χ4n) is 4.03. The van der Waals surface area contributed by atoms with Crippen molar-refractivity contribution >= 4 is 5.82 Å². The van der Waals surface area contributed by atoms with Crippen LogP contribution >= 0.6 is 0 Å². The van der Waals surface area contributed by atoms with Crippen LogP contribution in [0.2, 0.25) is 0 Å². The van der Waals surface area contributed by atoms with E-state index in [9.17, 15) is 0 Å². The third-order valence-corrected chi connectivity index (χ3v) is 5.64. The van der Waals surface area contributed by atoms with Crippen LogP contribution in [0.3, 0.4) is 0 Å². The van der Waals surface area contributed by atoms with E-state index in [-0.39, 0.29) is 0 Å². The molecule has 140 valence electrons. The van der Waals surface area contributed by atoms with Gasteiger partial charge in [0.15, 0.2) is 5.76 Å². The summed E-state index contributed by atoms with van der Waals surface area (Å²) in [4.78, 5) is 4.10. The Hall–Kier alpha value is -2.62. The van der Waals surface area contributed by atoms with Crippen molar-refractivity contribution in [1.82, 2.24) is 10.1 Å². The number of nitrogens with two attached hydrogens (primary N) is 1. The Morgan fingerprint density at radius 2 is 1.78 bits per heavy atom. The van der Waals surface area contributed by atoms with E-state index < -0.39 is 0 Å². The number of hydrogen-bond acceptors (Lipinski definition) is 4. The van der Waals surface area contributed by atoms with Crippen molar-refractivity contribution in [2.75, 3.05) is 5.73 Å². The maximum absolute atomic E-state index is 5.91. The van der Waals surface area contributed by atoms with Crippen molar-refractivity contribution in [2.24, 2.45) is 5.92 Å². The van der Waals surface area contributed by atoms with Gasteiger partial charge >= 0.3 is 0 Å². The summed E-state index contributed by atoms with van der Waals surface area (Å²) in [5.74, 6) is 2.06. The lowest BCUT2D eigenvalue weighted by molar-refractivity contribution is 0.339. The molecule has 0 amide bonds. The van der Waals surface area contributed by atoms with E-state index in [0.717, 1.165) is 23.6 Å². The summed E-state index contributed by atoms with van der Waals surface area (Å²) < 4.78 is 5.46. The molecule has 1 aliphatic rings. The van der Waals surface area contributed by atoms with Crippen molar-refractivity contribution in [1.29, 1.82) is 0 Å². The second-order valence-electron chi connectivity index (χ2n) is 7.65. The van der Waals surface area contributed by atoms with Crippen molar-refractivity contribution in [3.05, 3.63) is 65.5 Å². The number of aryl methyl sites for hydroxylation is 1. The Bertz CT molecular complexity index is 863. The van der Waals surface area contributed by atoms with Crippen LogP contribution < -0.4 is 5.73 Å². The first-order valence-corrected chi connectivity index (χ1v) is 10.0.